The van der Waals surface area contributed by atoms with Crippen LogP contribution in [0.3, 0.4) is 0 Å². The molecule has 2 aromatic carbocycles. The highest BCUT2D eigenvalue weighted by molar-refractivity contribution is 9.10. The van der Waals surface area contributed by atoms with Crippen molar-refractivity contribution in [1.29, 1.82) is 0 Å². The Labute approximate surface area is 134 Å². The van der Waals surface area contributed by atoms with Gasteiger partial charge in [-0.3, -0.25) is 0 Å². The first-order valence-corrected chi connectivity index (χ1v) is 8.20. The van der Waals surface area contributed by atoms with Crippen LogP contribution in [0.15, 0.2) is 46.9 Å². The Bertz CT molecular complexity index is 580. The van der Waals surface area contributed by atoms with Crippen LogP contribution >= 0.6 is 15.9 Å². The summed E-state index contributed by atoms with van der Waals surface area (Å²) in [6.45, 7) is 5.13. The second kappa shape index (κ2) is 7.71. The normalized spacial score (nSPS) is 12.4. The number of nitrogens with one attached hydrogen (secondary N) is 1. The molecule has 0 aromatic heterocycles. The number of benzene rings is 2. The van der Waals surface area contributed by atoms with Crippen molar-refractivity contribution in [2.24, 2.45) is 0 Å². The maximum atomic E-state index is 13.6. The van der Waals surface area contributed by atoms with Gasteiger partial charge in [0, 0.05) is 6.04 Å². The van der Waals surface area contributed by atoms with E-state index in [1.807, 2.05) is 6.07 Å². The second-order valence-corrected chi connectivity index (χ2v) is 5.92. The lowest BCUT2D eigenvalue weighted by atomic mass is 9.97. The molecule has 0 amide bonds. The van der Waals surface area contributed by atoms with Gasteiger partial charge < -0.3 is 5.32 Å². The standard InChI is InChI=1S/C18H21BrFN/c1-3-13-8-10-14(11-9-13)17(21-4-2)12-15-6-5-7-16(20)18(15)19/h5-11,17,21H,3-4,12H2,1-2H3. The van der Waals surface area contributed by atoms with Gasteiger partial charge in [0.1, 0.15) is 5.82 Å². The van der Waals surface area contributed by atoms with Gasteiger partial charge in [0.15, 0.2) is 0 Å². The van der Waals surface area contributed by atoms with E-state index in [2.05, 4.69) is 59.4 Å². The highest BCUT2D eigenvalue weighted by atomic mass is 79.9. The molecule has 1 nitrogen and oxygen atoms in total. The van der Waals surface area contributed by atoms with Crippen molar-refractivity contribution in [2.45, 2.75) is 32.7 Å². The molecular formula is C18H21BrFN. The van der Waals surface area contributed by atoms with Gasteiger partial charge in [-0.2, -0.15) is 0 Å². The molecule has 2 rings (SSSR count). The number of hydrogen-bond donors (Lipinski definition) is 1. The molecule has 0 spiro atoms. The molecule has 2 aromatic rings. The van der Waals surface area contributed by atoms with E-state index in [1.165, 1.54) is 17.2 Å². The van der Waals surface area contributed by atoms with E-state index >= 15 is 0 Å². The molecule has 0 aliphatic heterocycles. The molecule has 0 aliphatic carbocycles. The molecule has 1 N–H and O–H groups in total. The maximum Gasteiger partial charge on any atom is 0.137 e. The third-order valence-electron chi connectivity index (χ3n) is 3.70. The lowest BCUT2D eigenvalue weighted by Gasteiger charge is -2.20. The number of likely N-dealkylation sites (N-methyl/N-ethyl adjacent to an activating group) is 1. The minimum atomic E-state index is -0.205. The monoisotopic (exact) mass is 349 g/mol. The van der Waals surface area contributed by atoms with Crippen molar-refractivity contribution < 1.29 is 4.39 Å². The fourth-order valence-electron chi connectivity index (χ4n) is 2.47. The van der Waals surface area contributed by atoms with Gasteiger partial charge >= 0.3 is 0 Å². The third kappa shape index (κ3) is 4.14. The number of hydrogen-bond acceptors (Lipinski definition) is 1. The topological polar surface area (TPSA) is 12.0 Å². The molecule has 0 saturated heterocycles. The third-order valence-corrected chi connectivity index (χ3v) is 4.58. The van der Waals surface area contributed by atoms with Crippen LogP contribution < -0.4 is 5.32 Å². The van der Waals surface area contributed by atoms with Crippen LogP contribution in [-0.4, -0.2) is 6.54 Å². The summed E-state index contributed by atoms with van der Waals surface area (Å²) in [6.07, 6.45) is 1.80. The summed E-state index contributed by atoms with van der Waals surface area (Å²) in [4.78, 5) is 0. The van der Waals surface area contributed by atoms with Gasteiger partial charge in [-0.1, -0.05) is 50.2 Å². The zero-order valence-electron chi connectivity index (χ0n) is 12.5. The molecule has 0 bridgehead atoms. The molecule has 0 heterocycles. The largest absolute Gasteiger partial charge is 0.310 e. The summed E-state index contributed by atoms with van der Waals surface area (Å²) in [5.41, 5.74) is 3.56. The highest BCUT2D eigenvalue weighted by Gasteiger charge is 2.14. The van der Waals surface area contributed by atoms with Crippen LogP contribution in [0.5, 0.6) is 0 Å². The van der Waals surface area contributed by atoms with E-state index in [4.69, 9.17) is 0 Å². The Balaban J connectivity index is 2.23. The van der Waals surface area contributed by atoms with Gasteiger partial charge in [-0.05, 0) is 58.1 Å². The van der Waals surface area contributed by atoms with Crippen molar-refractivity contribution >= 4 is 15.9 Å². The second-order valence-electron chi connectivity index (χ2n) is 5.12. The number of halogens is 2. The molecule has 1 unspecified atom stereocenters. The van der Waals surface area contributed by atoms with Crippen LogP contribution in [0.25, 0.3) is 0 Å². The van der Waals surface area contributed by atoms with Crippen LogP contribution in [0.4, 0.5) is 4.39 Å². The summed E-state index contributed by atoms with van der Waals surface area (Å²) >= 11 is 3.35. The van der Waals surface area contributed by atoms with Crippen LogP contribution in [0.1, 0.15) is 36.6 Å². The molecule has 0 fully saturated rings. The Morgan fingerprint density at radius 3 is 2.43 bits per heavy atom. The SMILES string of the molecule is CCNC(Cc1cccc(F)c1Br)c1ccc(CC)cc1. The molecule has 0 aliphatic rings. The van der Waals surface area contributed by atoms with Crippen molar-refractivity contribution in [1.82, 2.24) is 5.32 Å². The van der Waals surface area contributed by atoms with Crippen LogP contribution in [-0.2, 0) is 12.8 Å². The summed E-state index contributed by atoms with van der Waals surface area (Å²) in [7, 11) is 0. The number of aryl methyl sites for hydroxylation is 1. The Morgan fingerprint density at radius 2 is 1.81 bits per heavy atom. The van der Waals surface area contributed by atoms with Crippen molar-refractivity contribution in [3.8, 4) is 0 Å². The predicted molar refractivity (Wildman–Crippen MR) is 90.0 cm³/mol. The summed E-state index contributed by atoms with van der Waals surface area (Å²) in [5, 5.41) is 3.49. The van der Waals surface area contributed by atoms with E-state index in [1.54, 1.807) is 6.07 Å². The maximum absolute atomic E-state index is 13.6. The lowest BCUT2D eigenvalue weighted by Crippen LogP contribution is -2.23. The Morgan fingerprint density at radius 1 is 1.10 bits per heavy atom. The summed E-state index contributed by atoms with van der Waals surface area (Å²) in [5.74, 6) is -0.205. The Hall–Kier alpha value is -1.19. The van der Waals surface area contributed by atoms with E-state index < -0.39 is 0 Å². The van der Waals surface area contributed by atoms with Gasteiger partial charge in [0.05, 0.1) is 4.47 Å². The highest BCUT2D eigenvalue weighted by Crippen LogP contribution is 2.26. The molecular weight excluding hydrogens is 329 g/mol. The van der Waals surface area contributed by atoms with Gasteiger partial charge in [0.2, 0.25) is 0 Å². The zero-order chi connectivity index (χ0) is 15.2. The van der Waals surface area contributed by atoms with E-state index in [-0.39, 0.29) is 11.9 Å². The quantitative estimate of drug-likeness (QED) is 0.769. The molecule has 0 radical (unpaired) electrons. The zero-order valence-corrected chi connectivity index (χ0v) is 14.1. The van der Waals surface area contributed by atoms with Gasteiger partial charge in [-0.25, -0.2) is 4.39 Å². The minimum absolute atomic E-state index is 0.194. The smallest absolute Gasteiger partial charge is 0.137 e. The average Bonchev–Trinajstić information content (AvgIpc) is 2.51. The van der Waals surface area contributed by atoms with E-state index in [0.29, 0.717) is 4.47 Å². The van der Waals surface area contributed by atoms with Crippen molar-refractivity contribution in [2.75, 3.05) is 6.54 Å². The molecule has 1 atom stereocenters. The van der Waals surface area contributed by atoms with Crippen LogP contribution in [0, 0.1) is 5.82 Å². The first-order valence-electron chi connectivity index (χ1n) is 7.40. The van der Waals surface area contributed by atoms with E-state index in [0.717, 1.165) is 24.9 Å². The first-order chi connectivity index (χ1) is 10.2. The fraction of sp³-hybridized carbons (Fsp3) is 0.333. The summed E-state index contributed by atoms with van der Waals surface area (Å²) < 4.78 is 14.2. The lowest BCUT2D eigenvalue weighted by molar-refractivity contribution is 0.544. The molecule has 112 valence electrons. The molecule has 21 heavy (non-hydrogen) atoms. The molecule has 0 saturated carbocycles. The predicted octanol–water partition coefficient (Wildman–Crippen LogP) is 5.04. The van der Waals surface area contributed by atoms with Crippen molar-refractivity contribution in [3.05, 3.63) is 69.4 Å². The first kappa shape index (κ1) is 16.2. The average molecular weight is 350 g/mol. The van der Waals surface area contributed by atoms with Gasteiger partial charge in [0.25, 0.3) is 0 Å². The molecule has 3 heteroatoms. The van der Waals surface area contributed by atoms with Crippen LogP contribution in [0.2, 0.25) is 0 Å². The van der Waals surface area contributed by atoms with E-state index in [9.17, 15) is 4.39 Å². The number of rotatable bonds is 6. The Kier molecular flexibility index (Phi) is 5.95. The van der Waals surface area contributed by atoms with Gasteiger partial charge in [-0.15, -0.1) is 0 Å². The van der Waals surface area contributed by atoms with Crippen molar-refractivity contribution in [3.63, 3.8) is 0 Å². The summed E-state index contributed by atoms with van der Waals surface area (Å²) in [6, 6.07) is 14.1. The minimum Gasteiger partial charge on any atom is -0.310 e. The fourth-order valence-corrected chi connectivity index (χ4v) is 2.89.